The molecular weight excluding hydrogens is 1030 g/mol. The van der Waals surface area contributed by atoms with Crippen LogP contribution in [0.4, 0.5) is 0 Å². The summed E-state index contributed by atoms with van der Waals surface area (Å²) in [6.07, 6.45) is -27.6. The van der Waals surface area contributed by atoms with Crippen molar-refractivity contribution in [1.29, 1.82) is 0 Å². The van der Waals surface area contributed by atoms with Crippen LogP contribution >= 0.6 is 0 Å². The number of aliphatic hydroxyl groups excluding tert-OH is 15. The van der Waals surface area contributed by atoms with Gasteiger partial charge in [0.05, 0.1) is 50.3 Å². The molecule has 3 saturated carbocycles. The normalized spacial score (nSPS) is 51.4. The molecule has 16 N–H and O–H groups in total. The molecule has 4 heterocycles. The van der Waals surface area contributed by atoms with E-state index >= 15 is 0 Å². The molecule has 78 heavy (non-hydrogen) atoms. The number of allylic oxidation sites excluding steroid dienone is 1. The molecule has 7 fully saturated rings. The smallest absolute Gasteiger partial charge is 0.187 e. The fourth-order valence-electron chi connectivity index (χ4n) is 15.6. The minimum Gasteiger partial charge on any atom is -0.394 e. The summed E-state index contributed by atoms with van der Waals surface area (Å²) in [5, 5.41) is 172. The summed E-state index contributed by atoms with van der Waals surface area (Å²) in [7, 11) is 0. The van der Waals surface area contributed by atoms with Crippen molar-refractivity contribution >= 4 is 0 Å². The molecule has 8 aliphatic rings. The highest BCUT2D eigenvalue weighted by atomic mass is 16.8. The molecule has 4 aliphatic heterocycles. The van der Waals surface area contributed by atoms with E-state index in [0.29, 0.717) is 32.1 Å². The zero-order valence-corrected chi connectivity index (χ0v) is 46.1. The van der Waals surface area contributed by atoms with Crippen molar-refractivity contribution in [1.82, 2.24) is 0 Å². The molecule has 24 heteroatoms. The third-order valence-electron chi connectivity index (χ3n) is 20.8. The van der Waals surface area contributed by atoms with E-state index in [-0.39, 0.29) is 40.9 Å². The summed E-state index contributed by atoms with van der Waals surface area (Å²) in [4.78, 5) is 0. The van der Waals surface area contributed by atoms with Crippen molar-refractivity contribution in [3.63, 3.8) is 0 Å². The summed E-state index contributed by atoms with van der Waals surface area (Å²) < 4.78 is 47.7. The van der Waals surface area contributed by atoms with Gasteiger partial charge in [0.2, 0.25) is 0 Å². The monoisotopic (exact) mass is 1120 g/mol. The topological polar surface area (TPSA) is 398 Å². The molecule has 0 radical (unpaired) electrons. The van der Waals surface area contributed by atoms with Gasteiger partial charge in [0, 0.05) is 10.8 Å². The Labute approximate surface area is 455 Å². The number of aliphatic hydroxyl groups is 16. The summed E-state index contributed by atoms with van der Waals surface area (Å²) in [5.74, 6) is 0.223. The zero-order chi connectivity index (χ0) is 57.5. The number of hydrogen-bond acceptors (Lipinski definition) is 24. The maximum absolute atomic E-state index is 12.7. The van der Waals surface area contributed by atoms with Gasteiger partial charge in [0.1, 0.15) is 97.7 Å². The second kappa shape index (κ2) is 23.7. The second-order valence-electron chi connectivity index (χ2n) is 25.9. The Kier molecular flexibility index (Phi) is 19.1. The predicted molar refractivity (Wildman–Crippen MR) is 268 cm³/mol. The van der Waals surface area contributed by atoms with Crippen LogP contribution < -0.4 is 0 Å². The van der Waals surface area contributed by atoms with Crippen molar-refractivity contribution in [2.24, 2.45) is 45.3 Å². The molecule has 24 nitrogen and oxygen atoms in total. The Balaban J connectivity index is 0.987. The lowest BCUT2D eigenvalue weighted by Gasteiger charge is -2.67. The molecule has 0 aromatic rings. The first kappa shape index (κ1) is 62.8. The lowest BCUT2D eigenvalue weighted by Crippen LogP contribution is -2.65. The molecule has 452 valence electrons. The van der Waals surface area contributed by atoms with E-state index < -0.39 is 184 Å². The van der Waals surface area contributed by atoms with Crippen LogP contribution in [0, 0.1) is 45.3 Å². The van der Waals surface area contributed by atoms with Gasteiger partial charge >= 0.3 is 0 Å². The Bertz CT molecular complexity index is 2020. The van der Waals surface area contributed by atoms with E-state index in [9.17, 15) is 81.7 Å². The van der Waals surface area contributed by atoms with E-state index in [1.54, 1.807) is 0 Å². The summed E-state index contributed by atoms with van der Waals surface area (Å²) in [6, 6.07) is 0. The Hall–Kier alpha value is -1.22. The largest absolute Gasteiger partial charge is 0.394 e. The molecule has 4 aliphatic carbocycles. The number of fused-ring (bicyclic) bond motifs is 5. The van der Waals surface area contributed by atoms with Crippen LogP contribution in [-0.2, 0) is 37.9 Å². The molecule has 0 amide bonds. The summed E-state index contributed by atoms with van der Waals surface area (Å²) in [6.45, 7) is 13.5. The maximum Gasteiger partial charge on any atom is 0.187 e. The van der Waals surface area contributed by atoms with Crippen molar-refractivity contribution < 1.29 is 120 Å². The molecular formula is C54H92O24. The Morgan fingerprint density at radius 3 is 1.63 bits per heavy atom. The van der Waals surface area contributed by atoms with Crippen LogP contribution in [0.1, 0.15) is 107 Å². The van der Waals surface area contributed by atoms with E-state index in [4.69, 9.17) is 37.9 Å². The average Bonchev–Trinajstić information content (AvgIpc) is 3.21. The third kappa shape index (κ3) is 11.0. The van der Waals surface area contributed by atoms with E-state index in [2.05, 4.69) is 47.6 Å². The van der Waals surface area contributed by atoms with E-state index in [0.717, 1.165) is 18.4 Å². The van der Waals surface area contributed by atoms with Gasteiger partial charge in [-0.15, -0.1) is 0 Å². The highest BCUT2D eigenvalue weighted by Crippen LogP contribution is 2.75. The van der Waals surface area contributed by atoms with Crippen LogP contribution in [0.2, 0.25) is 0 Å². The fourth-order valence-corrected chi connectivity index (χ4v) is 15.6. The minimum absolute atomic E-state index is 0.00555. The van der Waals surface area contributed by atoms with Crippen LogP contribution in [0.5, 0.6) is 0 Å². The SMILES string of the molecule is C[C@H](CC[C@@H](O[C@@H]1O[C@H](CO[C@@H]2O[C@H](CO)[C@@H](O)[C@H](O)[C@H]2O)[C@H](O)[C@H](O)[C@H]1O[C@@H]1O[C@H](CO)[C@@H](O)[C@H](O)[C@H]1O)C(C)(C)O)[C@H]1CC[C@@]2(C)[C@@H]3CC=C4[C@@H](CC[C@H](O[C@@H]5O[C@H](CO)[C@@H](O)[C@H](O)[C@H]5O)C4(C)C)[C@]3(C)[C@H](O)C[C@]12C. The van der Waals surface area contributed by atoms with Crippen LogP contribution in [0.3, 0.4) is 0 Å². The number of ether oxygens (including phenoxy) is 8. The summed E-state index contributed by atoms with van der Waals surface area (Å²) in [5.41, 5.74) is -2.07. The first-order chi connectivity index (χ1) is 36.4. The zero-order valence-electron chi connectivity index (χ0n) is 46.1. The first-order valence-electron chi connectivity index (χ1n) is 28.0. The van der Waals surface area contributed by atoms with Gasteiger partial charge < -0.3 is 120 Å². The molecule has 0 spiro atoms. The van der Waals surface area contributed by atoms with Gasteiger partial charge in [-0.2, -0.15) is 0 Å². The molecule has 0 unspecified atom stereocenters. The first-order valence-corrected chi connectivity index (χ1v) is 28.0. The highest BCUT2D eigenvalue weighted by molar-refractivity contribution is 5.32. The van der Waals surface area contributed by atoms with Crippen LogP contribution in [0.25, 0.3) is 0 Å². The maximum atomic E-state index is 12.7. The highest BCUT2D eigenvalue weighted by Gasteiger charge is 2.70. The van der Waals surface area contributed by atoms with Crippen LogP contribution in [0.15, 0.2) is 11.6 Å². The van der Waals surface area contributed by atoms with Gasteiger partial charge in [-0.3, -0.25) is 0 Å². The number of hydrogen-bond donors (Lipinski definition) is 16. The predicted octanol–water partition coefficient (Wildman–Crippen LogP) is -3.23. The van der Waals surface area contributed by atoms with Gasteiger partial charge in [-0.1, -0.05) is 53.2 Å². The summed E-state index contributed by atoms with van der Waals surface area (Å²) >= 11 is 0. The van der Waals surface area contributed by atoms with Gasteiger partial charge in [-0.25, -0.2) is 0 Å². The van der Waals surface area contributed by atoms with E-state index in [1.807, 2.05) is 0 Å². The fraction of sp³-hybridized carbons (Fsp3) is 0.963. The Morgan fingerprint density at radius 1 is 0.590 bits per heavy atom. The molecule has 0 aromatic heterocycles. The molecule has 30 atom stereocenters. The average molecular weight is 1130 g/mol. The van der Waals surface area contributed by atoms with Crippen molar-refractivity contribution in [3.8, 4) is 0 Å². The minimum atomic E-state index is -1.93. The van der Waals surface area contributed by atoms with Crippen LogP contribution in [-0.4, -0.2) is 255 Å². The standard InChI is InChI=1S/C54H92O24/c1-22(23-15-16-52(6)30-12-10-24-25(54(30,8)31(58)17-53(23,52)7)11-14-32(50(24,2)3)76-47-43(68)39(64)35(60)27(19-56)73-47)9-13-33(51(4,5)70)77-49-45(78-48-44(69)40(65)36(61)28(20-57)74-48)41(66)37(62)29(75-49)21-71-46-42(67)38(63)34(59)26(18-55)72-46/h10,22-23,25-49,55-70H,9,11-21H2,1-8H3/t22-,23-,25-,26-,27-,28-,29-,30+,31-,32+,33-,34-,35-,36-,37+,38+,39+,40+,41+,42-,43-,44-,45-,46-,47+,48+,49+,52+,53-,54+/m1/s1. The molecule has 4 saturated heterocycles. The number of rotatable bonds is 17. The van der Waals surface area contributed by atoms with Gasteiger partial charge in [0.15, 0.2) is 25.2 Å². The quantitative estimate of drug-likeness (QED) is 0.0637. The van der Waals surface area contributed by atoms with E-state index in [1.165, 1.54) is 13.8 Å². The second-order valence-corrected chi connectivity index (χ2v) is 25.9. The Morgan fingerprint density at radius 2 is 1.09 bits per heavy atom. The van der Waals surface area contributed by atoms with Crippen molar-refractivity contribution in [3.05, 3.63) is 11.6 Å². The van der Waals surface area contributed by atoms with Gasteiger partial charge in [-0.05, 0) is 99.7 Å². The molecule has 0 bridgehead atoms. The lowest BCUT2D eigenvalue weighted by atomic mass is 9.38. The van der Waals surface area contributed by atoms with Gasteiger partial charge in [0.25, 0.3) is 0 Å². The molecule has 0 aromatic carbocycles. The van der Waals surface area contributed by atoms with Crippen molar-refractivity contribution in [2.75, 3.05) is 26.4 Å². The third-order valence-corrected chi connectivity index (χ3v) is 20.8. The lowest BCUT2D eigenvalue weighted by molar-refractivity contribution is -0.380. The molecule has 8 rings (SSSR count). The van der Waals surface area contributed by atoms with Crippen molar-refractivity contribution in [2.45, 2.75) is 253 Å².